The molecule has 0 spiro atoms. The molecule has 0 bridgehead atoms. The van der Waals surface area contributed by atoms with E-state index >= 15 is 0 Å². The number of hydrogen-bond donors (Lipinski definition) is 1. The van der Waals surface area contributed by atoms with Crippen LogP contribution >= 0.6 is 11.6 Å². The highest BCUT2D eigenvalue weighted by molar-refractivity contribution is 7.92. The molecule has 174 valence electrons. The third-order valence-electron chi connectivity index (χ3n) is 5.19. The van der Waals surface area contributed by atoms with Gasteiger partial charge in [-0.25, -0.2) is 8.42 Å². The molecule has 2 aromatic rings. The second-order valence-corrected chi connectivity index (χ2v) is 9.99. The highest BCUT2D eigenvalue weighted by Crippen LogP contribution is 2.21. The van der Waals surface area contributed by atoms with Crippen LogP contribution in [0, 0.1) is 6.92 Å². The molecule has 7 nitrogen and oxygen atoms in total. The first-order valence-electron chi connectivity index (χ1n) is 10.3. The Morgan fingerprint density at radius 2 is 1.72 bits per heavy atom. The first-order valence-corrected chi connectivity index (χ1v) is 12.6. The van der Waals surface area contributed by atoms with E-state index in [-0.39, 0.29) is 31.3 Å². The van der Waals surface area contributed by atoms with E-state index in [1.165, 1.54) is 16.3 Å². The number of anilines is 1. The molecule has 1 atom stereocenters. The van der Waals surface area contributed by atoms with Crippen LogP contribution in [0.15, 0.2) is 48.5 Å². The van der Waals surface area contributed by atoms with E-state index in [1.54, 1.807) is 31.2 Å². The van der Waals surface area contributed by atoms with Gasteiger partial charge >= 0.3 is 0 Å². The summed E-state index contributed by atoms with van der Waals surface area (Å²) < 4.78 is 25.9. The lowest BCUT2D eigenvalue weighted by atomic mass is 10.1. The van der Waals surface area contributed by atoms with Gasteiger partial charge in [0, 0.05) is 31.6 Å². The van der Waals surface area contributed by atoms with Gasteiger partial charge in [0.25, 0.3) is 0 Å². The van der Waals surface area contributed by atoms with Crippen LogP contribution in [0.4, 0.5) is 5.69 Å². The highest BCUT2D eigenvalue weighted by Gasteiger charge is 2.26. The van der Waals surface area contributed by atoms with E-state index < -0.39 is 16.1 Å². The van der Waals surface area contributed by atoms with Crippen LogP contribution in [0.2, 0.25) is 5.02 Å². The van der Waals surface area contributed by atoms with Crippen LogP contribution in [0.1, 0.15) is 30.9 Å². The number of halogens is 1. The lowest BCUT2D eigenvalue weighted by Crippen LogP contribution is -2.46. The molecule has 9 heteroatoms. The predicted octanol–water partition coefficient (Wildman–Crippen LogP) is 3.36. The Hall–Kier alpha value is -2.58. The normalized spacial score (nSPS) is 12.2. The zero-order valence-corrected chi connectivity index (χ0v) is 20.4. The molecule has 0 heterocycles. The largest absolute Gasteiger partial charge is 0.357 e. The van der Waals surface area contributed by atoms with Crippen LogP contribution < -0.4 is 9.62 Å². The van der Waals surface area contributed by atoms with Gasteiger partial charge in [-0.15, -0.1) is 0 Å². The molecule has 2 amide bonds. The number of aryl methyl sites for hydroxylation is 1. The van der Waals surface area contributed by atoms with Crippen molar-refractivity contribution in [3.8, 4) is 0 Å². The van der Waals surface area contributed by atoms with Crippen molar-refractivity contribution in [3.63, 3.8) is 0 Å². The predicted molar refractivity (Wildman–Crippen MR) is 128 cm³/mol. The fraction of sp³-hybridized carbons (Fsp3) is 0.391. The molecular formula is C23H30ClN3O4S. The average molecular weight is 480 g/mol. The second-order valence-electron chi connectivity index (χ2n) is 7.68. The molecule has 0 aliphatic carbocycles. The molecule has 0 aromatic heterocycles. The molecule has 0 saturated carbocycles. The Bertz CT molecular complexity index is 1040. The lowest BCUT2D eigenvalue weighted by Gasteiger charge is -2.29. The first kappa shape index (κ1) is 25.7. The van der Waals surface area contributed by atoms with Crippen molar-refractivity contribution in [2.45, 2.75) is 39.3 Å². The third kappa shape index (κ3) is 6.97. The molecule has 2 aromatic carbocycles. The van der Waals surface area contributed by atoms with Crippen LogP contribution in [0.25, 0.3) is 0 Å². The summed E-state index contributed by atoms with van der Waals surface area (Å²) in [6, 6.07) is 13.6. The molecule has 2 rings (SSSR count). The van der Waals surface area contributed by atoms with Gasteiger partial charge in [0.15, 0.2) is 0 Å². The lowest BCUT2D eigenvalue weighted by molar-refractivity contribution is -0.140. The van der Waals surface area contributed by atoms with Crippen molar-refractivity contribution >= 4 is 39.1 Å². The minimum atomic E-state index is -3.51. The summed E-state index contributed by atoms with van der Waals surface area (Å²) in [4.78, 5) is 26.8. The van der Waals surface area contributed by atoms with E-state index in [0.29, 0.717) is 17.1 Å². The van der Waals surface area contributed by atoms with Crippen molar-refractivity contribution in [1.29, 1.82) is 0 Å². The number of benzene rings is 2. The minimum absolute atomic E-state index is 0.0870. The van der Waals surface area contributed by atoms with E-state index in [4.69, 9.17) is 11.6 Å². The second kappa shape index (κ2) is 11.3. The van der Waals surface area contributed by atoms with E-state index in [9.17, 15) is 18.0 Å². The van der Waals surface area contributed by atoms with Gasteiger partial charge in [0.2, 0.25) is 21.8 Å². The molecule has 0 radical (unpaired) electrons. The standard InChI is InChI=1S/C23H30ClN3O4S/c1-17-11-13-20(14-12-17)27(32(4,30)31)15-7-10-22(28)26(18(2)23(29)25-3)16-19-8-5-6-9-21(19)24/h5-6,8-9,11-14,18H,7,10,15-16H2,1-4H3,(H,25,29)/t18-/m1/s1. The summed E-state index contributed by atoms with van der Waals surface area (Å²) in [5.74, 6) is -0.541. The summed E-state index contributed by atoms with van der Waals surface area (Å²) in [6.45, 7) is 3.92. The zero-order chi connectivity index (χ0) is 23.9. The maximum atomic E-state index is 13.1. The molecule has 0 aliphatic rings. The molecule has 32 heavy (non-hydrogen) atoms. The molecular weight excluding hydrogens is 450 g/mol. The van der Waals surface area contributed by atoms with Crippen LogP contribution in [-0.2, 0) is 26.2 Å². The smallest absolute Gasteiger partial charge is 0.242 e. The summed E-state index contributed by atoms with van der Waals surface area (Å²) in [5, 5.41) is 3.08. The number of hydrogen-bond acceptors (Lipinski definition) is 4. The fourth-order valence-corrected chi connectivity index (χ4v) is 4.48. The third-order valence-corrected chi connectivity index (χ3v) is 6.75. The number of sulfonamides is 1. The van der Waals surface area contributed by atoms with E-state index in [1.807, 2.05) is 31.2 Å². The average Bonchev–Trinajstić information content (AvgIpc) is 2.75. The maximum absolute atomic E-state index is 13.1. The molecule has 0 saturated heterocycles. The van der Waals surface area contributed by atoms with Crippen molar-refractivity contribution in [2.24, 2.45) is 0 Å². The topological polar surface area (TPSA) is 86.8 Å². The summed E-state index contributed by atoms with van der Waals surface area (Å²) >= 11 is 6.25. The summed E-state index contributed by atoms with van der Waals surface area (Å²) in [6.07, 6.45) is 1.54. The highest BCUT2D eigenvalue weighted by atomic mass is 35.5. The fourth-order valence-electron chi connectivity index (χ4n) is 3.32. The van der Waals surface area contributed by atoms with Gasteiger partial charge in [-0.3, -0.25) is 13.9 Å². The van der Waals surface area contributed by atoms with Gasteiger partial charge in [-0.2, -0.15) is 0 Å². The Labute approximate surface area is 195 Å². The maximum Gasteiger partial charge on any atom is 0.242 e. The number of rotatable bonds is 10. The zero-order valence-electron chi connectivity index (χ0n) is 18.8. The van der Waals surface area contributed by atoms with Crippen LogP contribution in [0.5, 0.6) is 0 Å². The van der Waals surface area contributed by atoms with Crippen molar-refractivity contribution < 1.29 is 18.0 Å². The Balaban J connectivity index is 2.14. The summed E-state index contributed by atoms with van der Waals surface area (Å²) in [5.41, 5.74) is 2.31. The van der Waals surface area contributed by atoms with E-state index in [2.05, 4.69) is 5.32 Å². The Morgan fingerprint density at radius 1 is 1.09 bits per heavy atom. The number of carbonyl (C=O) groups excluding carboxylic acids is 2. The first-order chi connectivity index (χ1) is 15.0. The molecule has 0 aliphatic heterocycles. The monoisotopic (exact) mass is 479 g/mol. The molecule has 1 N–H and O–H groups in total. The number of likely N-dealkylation sites (N-methyl/N-ethyl adjacent to an activating group) is 1. The minimum Gasteiger partial charge on any atom is -0.357 e. The van der Waals surface area contributed by atoms with Crippen molar-refractivity contribution in [1.82, 2.24) is 10.2 Å². The van der Waals surface area contributed by atoms with Crippen molar-refractivity contribution in [2.75, 3.05) is 24.2 Å². The van der Waals surface area contributed by atoms with Gasteiger partial charge in [-0.1, -0.05) is 47.5 Å². The van der Waals surface area contributed by atoms with Gasteiger partial charge in [-0.05, 0) is 44.0 Å². The Kier molecular flexibility index (Phi) is 9.09. The number of nitrogens with zero attached hydrogens (tertiary/aromatic N) is 2. The number of amides is 2. The molecule has 0 fully saturated rings. The number of carbonyl (C=O) groups is 2. The number of nitrogens with one attached hydrogen (secondary N) is 1. The van der Waals surface area contributed by atoms with Crippen LogP contribution in [0.3, 0.4) is 0 Å². The van der Waals surface area contributed by atoms with Gasteiger partial charge in [0.05, 0.1) is 11.9 Å². The van der Waals surface area contributed by atoms with Gasteiger partial charge < -0.3 is 10.2 Å². The van der Waals surface area contributed by atoms with Crippen LogP contribution in [-0.4, -0.2) is 51.0 Å². The Morgan fingerprint density at radius 3 is 2.28 bits per heavy atom. The quantitative estimate of drug-likeness (QED) is 0.566. The van der Waals surface area contributed by atoms with E-state index in [0.717, 1.165) is 17.4 Å². The SMILES string of the molecule is CNC(=O)[C@@H](C)N(Cc1ccccc1Cl)C(=O)CCCN(c1ccc(C)cc1)S(C)(=O)=O. The van der Waals surface area contributed by atoms with Crippen molar-refractivity contribution in [3.05, 3.63) is 64.7 Å². The molecule has 0 unspecified atom stereocenters. The van der Waals surface area contributed by atoms with Gasteiger partial charge in [0.1, 0.15) is 6.04 Å². The summed E-state index contributed by atoms with van der Waals surface area (Å²) in [7, 11) is -1.99.